The number of nitrogens with two attached hydrogens (primary N) is 1. The van der Waals surface area contributed by atoms with Gasteiger partial charge in [0.1, 0.15) is 6.04 Å². The number of ether oxygens (including phenoxy) is 1. The molecule has 1 aliphatic heterocycles. The number of carbonyl (C=O) groups excluding carboxylic acids is 2. The topological polar surface area (TPSA) is 119 Å². The van der Waals surface area contributed by atoms with E-state index < -0.39 is 30.2 Å². The maximum atomic E-state index is 11.6. The lowest BCUT2D eigenvalue weighted by Gasteiger charge is -2.22. The van der Waals surface area contributed by atoms with Crippen molar-refractivity contribution in [2.24, 2.45) is 5.73 Å². The average Bonchev–Trinajstić information content (AvgIpc) is 2.36. The third-order valence-electron chi connectivity index (χ3n) is 3.01. The molecule has 7 nitrogen and oxygen atoms in total. The van der Waals surface area contributed by atoms with Crippen LogP contribution in [0.25, 0.3) is 0 Å². The molecule has 1 saturated heterocycles. The number of hydrogen-bond donors (Lipinski definition) is 3. The Morgan fingerprint density at radius 1 is 1.37 bits per heavy atom. The van der Waals surface area contributed by atoms with Crippen molar-refractivity contribution in [3.05, 3.63) is 0 Å². The van der Waals surface area contributed by atoms with E-state index in [1.165, 1.54) is 0 Å². The van der Waals surface area contributed by atoms with E-state index in [9.17, 15) is 14.4 Å². The minimum Gasteiger partial charge on any atom is -0.480 e. The van der Waals surface area contributed by atoms with Crippen LogP contribution in [-0.2, 0) is 19.1 Å². The van der Waals surface area contributed by atoms with Crippen molar-refractivity contribution >= 4 is 17.8 Å². The van der Waals surface area contributed by atoms with Gasteiger partial charge in [0.05, 0.1) is 12.5 Å². The number of carbonyl (C=O) groups is 3. The molecule has 0 aromatic rings. The number of hydrogen-bond acceptors (Lipinski definition) is 4. The van der Waals surface area contributed by atoms with Gasteiger partial charge in [0.25, 0.3) is 0 Å². The summed E-state index contributed by atoms with van der Waals surface area (Å²) in [7, 11) is 0. The first-order chi connectivity index (χ1) is 8.99. The Labute approximate surface area is 111 Å². The Hall–Kier alpha value is -1.63. The standard InChI is InChI=1S/C12H20N2O5/c13-10(15)7-9(12(17)18)14-11(16)5-4-8-3-1-2-6-19-8/h8-9H,1-7H2,(H2,13,15)(H,14,16)(H,17,18)/t8?,9-/m0/s1. The predicted molar refractivity (Wildman–Crippen MR) is 66.2 cm³/mol. The van der Waals surface area contributed by atoms with E-state index in [0.29, 0.717) is 13.0 Å². The van der Waals surface area contributed by atoms with Gasteiger partial charge in [0.2, 0.25) is 11.8 Å². The van der Waals surface area contributed by atoms with Gasteiger partial charge in [-0.05, 0) is 25.7 Å². The maximum absolute atomic E-state index is 11.6. The number of rotatable bonds is 7. The number of amides is 2. The second kappa shape index (κ2) is 7.73. The number of aliphatic carboxylic acids is 1. The fraction of sp³-hybridized carbons (Fsp3) is 0.750. The molecule has 1 heterocycles. The van der Waals surface area contributed by atoms with E-state index in [0.717, 1.165) is 19.3 Å². The van der Waals surface area contributed by atoms with Crippen LogP contribution in [0, 0.1) is 0 Å². The van der Waals surface area contributed by atoms with Crippen LogP contribution in [0.5, 0.6) is 0 Å². The van der Waals surface area contributed by atoms with Crippen LogP contribution in [0.2, 0.25) is 0 Å². The smallest absolute Gasteiger partial charge is 0.326 e. The van der Waals surface area contributed by atoms with Crippen molar-refractivity contribution in [2.75, 3.05) is 6.61 Å². The molecule has 0 aliphatic carbocycles. The molecule has 0 spiro atoms. The first-order valence-corrected chi connectivity index (χ1v) is 6.41. The quantitative estimate of drug-likeness (QED) is 0.592. The summed E-state index contributed by atoms with van der Waals surface area (Å²) < 4.78 is 5.47. The first-order valence-electron chi connectivity index (χ1n) is 6.41. The van der Waals surface area contributed by atoms with Crippen LogP contribution in [0.15, 0.2) is 0 Å². The van der Waals surface area contributed by atoms with E-state index in [-0.39, 0.29) is 12.5 Å². The Bertz CT molecular complexity index is 339. The molecule has 4 N–H and O–H groups in total. The lowest BCUT2D eigenvalue weighted by molar-refractivity contribution is -0.143. The summed E-state index contributed by atoms with van der Waals surface area (Å²) in [6, 6.07) is -1.25. The minimum atomic E-state index is -1.26. The van der Waals surface area contributed by atoms with Gasteiger partial charge in [-0.25, -0.2) is 4.79 Å². The average molecular weight is 272 g/mol. The van der Waals surface area contributed by atoms with Gasteiger partial charge in [-0.2, -0.15) is 0 Å². The monoisotopic (exact) mass is 272 g/mol. The number of primary amides is 1. The first kappa shape index (κ1) is 15.4. The third-order valence-corrected chi connectivity index (χ3v) is 3.01. The molecule has 2 amide bonds. The maximum Gasteiger partial charge on any atom is 0.326 e. The lowest BCUT2D eigenvalue weighted by atomic mass is 10.0. The molecule has 7 heteroatoms. The highest BCUT2D eigenvalue weighted by Crippen LogP contribution is 2.16. The van der Waals surface area contributed by atoms with Crippen molar-refractivity contribution in [1.29, 1.82) is 0 Å². The zero-order valence-corrected chi connectivity index (χ0v) is 10.8. The van der Waals surface area contributed by atoms with Crippen LogP contribution in [0.4, 0.5) is 0 Å². The molecule has 1 rings (SSSR count). The molecule has 0 saturated carbocycles. The molecule has 1 unspecified atom stereocenters. The molecular formula is C12H20N2O5. The van der Waals surface area contributed by atoms with Crippen LogP contribution in [0.3, 0.4) is 0 Å². The molecule has 0 bridgehead atoms. The Morgan fingerprint density at radius 2 is 2.11 bits per heavy atom. The molecule has 19 heavy (non-hydrogen) atoms. The van der Waals surface area contributed by atoms with Crippen molar-refractivity contribution in [1.82, 2.24) is 5.32 Å². The van der Waals surface area contributed by atoms with E-state index in [4.69, 9.17) is 15.6 Å². The van der Waals surface area contributed by atoms with Crippen molar-refractivity contribution in [2.45, 2.75) is 50.7 Å². The molecule has 0 aromatic carbocycles. The minimum absolute atomic E-state index is 0.0684. The molecule has 1 aliphatic rings. The number of nitrogens with one attached hydrogen (secondary N) is 1. The fourth-order valence-corrected chi connectivity index (χ4v) is 1.99. The number of carboxylic acids is 1. The van der Waals surface area contributed by atoms with E-state index in [2.05, 4.69) is 5.32 Å². The summed E-state index contributed by atoms with van der Waals surface area (Å²) in [5.74, 6) is -2.42. The molecule has 0 radical (unpaired) electrons. The lowest BCUT2D eigenvalue weighted by Crippen LogP contribution is -2.43. The SMILES string of the molecule is NC(=O)C[C@H](NC(=O)CCC1CCCCO1)C(=O)O. The molecular weight excluding hydrogens is 252 g/mol. The second-order valence-corrected chi connectivity index (χ2v) is 4.66. The molecule has 108 valence electrons. The summed E-state index contributed by atoms with van der Waals surface area (Å²) in [5.41, 5.74) is 4.92. The van der Waals surface area contributed by atoms with Crippen LogP contribution in [-0.4, -0.2) is 41.6 Å². The highest BCUT2D eigenvalue weighted by atomic mass is 16.5. The zero-order valence-electron chi connectivity index (χ0n) is 10.8. The summed E-state index contributed by atoms with van der Waals surface area (Å²) >= 11 is 0. The normalized spacial score (nSPS) is 20.5. The van der Waals surface area contributed by atoms with E-state index in [1.54, 1.807) is 0 Å². The summed E-state index contributed by atoms with van der Waals surface area (Å²) in [6.07, 6.45) is 3.48. The predicted octanol–water partition coefficient (Wildman–Crippen LogP) is -0.220. The van der Waals surface area contributed by atoms with Gasteiger partial charge in [-0.3, -0.25) is 9.59 Å². The van der Waals surface area contributed by atoms with Gasteiger partial charge < -0.3 is 20.9 Å². The second-order valence-electron chi connectivity index (χ2n) is 4.66. The summed E-state index contributed by atoms with van der Waals surface area (Å²) in [6.45, 7) is 0.714. The van der Waals surface area contributed by atoms with Crippen LogP contribution >= 0.6 is 0 Å². The van der Waals surface area contributed by atoms with Crippen molar-refractivity contribution < 1.29 is 24.2 Å². The van der Waals surface area contributed by atoms with Crippen LogP contribution < -0.4 is 11.1 Å². The van der Waals surface area contributed by atoms with Gasteiger partial charge in [-0.15, -0.1) is 0 Å². The summed E-state index contributed by atoms with van der Waals surface area (Å²) in [5, 5.41) is 11.1. The Balaban J connectivity index is 2.31. The highest BCUT2D eigenvalue weighted by molar-refractivity contribution is 5.88. The Morgan fingerprint density at radius 3 is 2.63 bits per heavy atom. The highest BCUT2D eigenvalue weighted by Gasteiger charge is 2.23. The van der Waals surface area contributed by atoms with Crippen molar-refractivity contribution in [3.63, 3.8) is 0 Å². The van der Waals surface area contributed by atoms with Crippen LogP contribution in [0.1, 0.15) is 38.5 Å². The van der Waals surface area contributed by atoms with Gasteiger partial charge in [0, 0.05) is 13.0 Å². The van der Waals surface area contributed by atoms with E-state index >= 15 is 0 Å². The van der Waals surface area contributed by atoms with E-state index in [1.807, 2.05) is 0 Å². The number of carboxylic acid groups (broad SMARTS) is 1. The third kappa shape index (κ3) is 6.19. The van der Waals surface area contributed by atoms with Gasteiger partial charge in [-0.1, -0.05) is 0 Å². The summed E-state index contributed by atoms with van der Waals surface area (Å²) in [4.78, 5) is 33.1. The van der Waals surface area contributed by atoms with Gasteiger partial charge in [0.15, 0.2) is 0 Å². The molecule has 2 atom stereocenters. The molecule has 0 aromatic heterocycles. The van der Waals surface area contributed by atoms with Crippen molar-refractivity contribution in [3.8, 4) is 0 Å². The van der Waals surface area contributed by atoms with Gasteiger partial charge >= 0.3 is 5.97 Å². The zero-order chi connectivity index (χ0) is 14.3. The largest absolute Gasteiger partial charge is 0.480 e. The Kier molecular flexibility index (Phi) is 6.27. The molecule has 1 fully saturated rings. The fourth-order valence-electron chi connectivity index (χ4n) is 1.99.